The molecule has 0 aliphatic carbocycles. The first-order valence-corrected chi connectivity index (χ1v) is 9.03. The molecule has 0 bridgehead atoms. The Bertz CT molecular complexity index is 954. The van der Waals surface area contributed by atoms with Gasteiger partial charge in [-0.2, -0.15) is 10.5 Å². The third kappa shape index (κ3) is 6.30. The molecule has 148 valence electrons. The van der Waals surface area contributed by atoms with Crippen molar-refractivity contribution >= 4 is 17.7 Å². The maximum absolute atomic E-state index is 12.5. The molecule has 7 nitrogen and oxygen atoms in total. The SMILES string of the molecule is CCOc1ccc(NC(=O)/C(C#N)=C\c2ccc(OCC#N)c(OCC)c2)cc1. The molecule has 2 aromatic rings. The van der Waals surface area contributed by atoms with Gasteiger partial charge in [0.25, 0.3) is 5.91 Å². The minimum absolute atomic E-state index is 0.0629. The summed E-state index contributed by atoms with van der Waals surface area (Å²) in [6, 6.07) is 15.6. The molecule has 0 atom stereocenters. The van der Waals surface area contributed by atoms with E-state index in [1.807, 2.05) is 26.0 Å². The Kier molecular flexibility index (Phi) is 8.10. The van der Waals surface area contributed by atoms with Crippen LogP contribution in [0.25, 0.3) is 6.08 Å². The van der Waals surface area contributed by atoms with Gasteiger partial charge in [0.05, 0.1) is 13.2 Å². The molecule has 2 rings (SSSR count). The minimum atomic E-state index is -0.528. The first kappa shape index (κ1) is 21.3. The van der Waals surface area contributed by atoms with Gasteiger partial charge in [0.1, 0.15) is 23.5 Å². The number of anilines is 1. The summed E-state index contributed by atoms with van der Waals surface area (Å²) in [5.41, 5.74) is 1.08. The number of nitrogens with one attached hydrogen (secondary N) is 1. The minimum Gasteiger partial charge on any atom is -0.494 e. The number of benzene rings is 2. The van der Waals surface area contributed by atoms with Gasteiger partial charge < -0.3 is 19.5 Å². The average molecular weight is 391 g/mol. The van der Waals surface area contributed by atoms with Crippen LogP contribution in [0.4, 0.5) is 5.69 Å². The monoisotopic (exact) mass is 391 g/mol. The number of amides is 1. The zero-order chi connectivity index (χ0) is 21.1. The zero-order valence-corrected chi connectivity index (χ0v) is 16.3. The molecule has 0 unspecified atom stereocenters. The molecule has 0 fully saturated rings. The molecule has 0 spiro atoms. The lowest BCUT2D eigenvalue weighted by atomic mass is 10.1. The molecular weight excluding hydrogens is 370 g/mol. The van der Waals surface area contributed by atoms with Crippen molar-refractivity contribution in [2.75, 3.05) is 25.1 Å². The van der Waals surface area contributed by atoms with Gasteiger partial charge in [-0.05, 0) is 61.9 Å². The smallest absolute Gasteiger partial charge is 0.266 e. The largest absolute Gasteiger partial charge is 0.494 e. The molecule has 2 aromatic carbocycles. The van der Waals surface area contributed by atoms with E-state index in [2.05, 4.69) is 5.32 Å². The van der Waals surface area contributed by atoms with Crippen molar-refractivity contribution in [2.45, 2.75) is 13.8 Å². The fourth-order valence-electron chi connectivity index (χ4n) is 2.43. The Morgan fingerprint density at radius 3 is 2.34 bits per heavy atom. The molecule has 0 heterocycles. The number of hydrogen-bond donors (Lipinski definition) is 1. The first-order valence-electron chi connectivity index (χ1n) is 9.03. The molecule has 0 aromatic heterocycles. The van der Waals surface area contributed by atoms with Crippen LogP contribution in [0.1, 0.15) is 19.4 Å². The summed E-state index contributed by atoms with van der Waals surface area (Å²) in [6.45, 7) is 4.56. The van der Waals surface area contributed by atoms with Crippen molar-refractivity contribution in [3.63, 3.8) is 0 Å². The lowest BCUT2D eigenvalue weighted by Crippen LogP contribution is -2.13. The fourth-order valence-corrected chi connectivity index (χ4v) is 2.43. The Balaban J connectivity index is 2.19. The van der Waals surface area contributed by atoms with Gasteiger partial charge in [-0.15, -0.1) is 0 Å². The summed E-state index contributed by atoms with van der Waals surface area (Å²) in [7, 11) is 0. The van der Waals surface area contributed by atoms with Gasteiger partial charge in [0.2, 0.25) is 0 Å². The molecule has 1 N–H and O–H groups in total. The Labute approximate surface area is 169 Å². The van der Waals surface area contributed by atoms with Crippen LogP contribution in [0, 0.1) is 22.7 Å². The highest BCUT2D eigenvalue weighted by Crippen LogP contribution is 2.29. The number of nitriles is 2. The predicted molar refractivity (Wildman–Crippen MR) is 109 cm³/mol. The second kappa shape index (κ2) is 11.0. The van der Waals surface area contributed by atoms with E-state index in [4.69, 9.17) is 19.5 Å². The maximum atomic E-state index is 12.5. The van der Waals surface area contributed by atoms with Crippen LogP contribution >= 0.6 is 0 Å². The number of rotatable bonds is 9. The lowest BCUT2D eigenvalue weighted by molar-refractivity contribution is -0.112. The number of carbonyl (C=O) groups is 1. The summed E-state index contributed by atoms with van der Waals surface area (Å²) < 4.78 is 16.2. The van der Waals surface area contributed by atoms with E-state index in [0.717, 1.165) is 0 Å². The van der Waals surface area contributed by atoms with Crippen LogP contribution in [-0.4, -0.2) is 25.7 Å². The number of nitrogens with zero attached hydrogens (tertiary/aromatic N) is 2. The highest BCUT2D eigenvalue weighted by Gasteiger charge is 2.11. The van der Waals surface area contributed by atoms with Crippen LogP contribution in [0.2, 0.25) is 0 Å². The van der Waals surface area contributed by atoms with Crippen molar-refractivity contribution in [1.29, 1.82) is 10.5 Å². The van der Waals surface area contributed by atoms with Crippen LogP contribution in [-0.2, 0) is 4.79 Å². The van der Waals surface area contributed by atoms with Gasteiger partial charge >= 0.3 is 0 Å². The number of ether oxygens (including phenoxy) is 3. The van der Waals surface area contributed by atoms with Crippen LogP contribution in [0.15, 0.2) is 48.0 Å². The van der Waals surface area contributed by atoms with Gasteiger partial charge in [0.15, 0.2) is 18.1 Å². The second-order valence-corrected chi connectivity index (χ2v) is 5.67. The van der Waals surface area contributed by atoms with E-state index >= 15 is 0 Å². The van der Waals surface area contributed by atoms with Crippen molar-refractivity contribution in [3.8, 4) is 29.4 Å². The normalized spacial score (nSPS) is 10.4. The summed E-state index contributed by atoms with van der Waals surface area (Å²) in [6.07, 6.45) is 1.46. The molecule has 0 radical (unpaired) electrons. The van der Waals surface area contributed by atoms with E-state index in [-0.39, 0.29) is 12.2 Å². The van der Waals surface area contributed by atoms with E-state index in [1.54, 1.807) is 42.5 Å². The van der Waals surface area contributed by atoms with Crippen LogP contribution in [0.3, 0.4) is 0 Å². The van der Waals surface area contributed by atoms with Gasteiger partial charge in [-0.3, -0.25) is 4.79 Å². The first-order chi connectivity index (χ1) is 14.1. The summed E-state index contributed by atoms with van der Waals surface area (Å²) in [5.74, 6) is 1.02. The van der Waals surface area contributed by atoms with Crippen molar-refractivity contribution in [3.05, 3.63) is 53.6 Å². The van der Waals surface area contributed by atoms with E-state index in [9.17, 15) is 10.1 Å². The average Bonchev–Trinajstić information content (AvgIpc) is 2.73. The molecule has 0 saturated heterocycles. The predicted octanol–water partition coefficient (Wildman–Crippen LogP) is 3.93. The summed E-state index contributed by atoms with van der Waals surface area (Å²) in [4.78, 5) is 12.5. The fraction of sp³-hybridized carbons (Fsp3) is 0.227. The highest BCUT2D eigenvalue weighted by molar-refractivity contribution is 6.09. The number of carbonyl (C=O) groups excluding carboxylic acids is 1. The van der Waals surface area contributed by atoms with Crippen LogP contribution < -0.4 is 19.5 Å². The maximum Gasteiger partial charge on any atom is 0.266 e. The van der Waals surface area contributed by atoms with E-state index in [1.165, 1.54) is 6.08 Å². The Hall–Kier alpha value is -3.97. The zero-order valence-electron chi connectivity index (χ0n) is 16.3. The van der Waals surface area contributed by atoms with Crippen LogP contribution in [0.5, 0.6) is 17.2 Å². The Morgan fingerprint density at radius 1 is 1.00 bits per heavy atom. The third-order valence-electron chi connectivity index (χ3n) is 3.66. The van der Waals surface area contributed by atoms with E-state index < -0.39 is 5.91 Å². The molecule has 1 amide bonds. The summed E-state index contributed by atoms with van der Waals surface area (Å²) >= 11 is 0. The molecule has 0 saturated carbocycles. The van der Waals surface area contributed by atoms with E-state index in [0.29, 0.717) is 41.7 Å². The highest BCUT2D eigenvalue weighted by atomic mass is 16.5. The van der Waals surface area contributed by atoms with Crippen molar-refractivity contribution in [2.24, 2.45) is 0 Å². The Morgan fingerprint density at radius 2 is 1.72 bits per heavy atom. The van der Waals surface area contributed by atoms with Gasteiger partial charge in [-0.25, -0.2) is 0 Å². The lowest BCUT2D eigenvalue weighted by Gasteiger charge is -2.11. The van der Waals surface area contributed by atoms with Crippen molar-refractivity contribution in [1.82, 2.24) is 0 Å². The number of hydrogen-bond acceptors (Lipinski definition) is 6. The molecule has 7 heteroatoms. The molecule has 0 aliphatic heterocycles. The molecule has 0 aliphatic rings. The second-order valence-electron chi connectivity index (χ2n) is 5.67. The molecular formula is C22H21N3O4. The summed E-state index contributed by atoms with van der Waals surface area (Å²) in [5, 5.41) is 20.8. The van der Waals surface area contributed by atoms with Gasteiger partial charge in [0, 0.05) is 5.69 Å². The molecule has 29 heavy (non-hydrogen) atoms. The third-order valence-corrected chi connectivity index (χ3v) is 3.66. The standard InChI is InChI=1S/C22H21N3O4/c1-3-27-19-8-6-18(7-9-19)25-22(26)17(15-24)13-16-5-10-20(29-12-11-23)21(14-16)28-4-2/h5-10,13-14H,3-4,12H2,1-2H3,(H,25,26)/b17-13-. The van der Waals surface area contributed by atoms with Crippen molar-refractivity contribution < 1.29 is 19.0 Å². The van der Waals surface area contributed by atoms with Gasteiger partial charge in [-0.1, -0.05) is 6.07 Å². The topological polar surface area (TPSA) is 104 Å². The quantitative estimate of drug-likeness (QED) is 0.513.